The standard InChI is InChI=1S/C15H21ClN2O3/c16-13-9-12(10-14-15(13)21-8-7-20-14)11-18-3-1-17(2-4-18)5-6-19/h9-10,19H,1-8,11H2. The highest BCUT2D eigenvalue weighted by molar-refractivity contribution is 6.32. The fourth-order valence-electron chi connectivity index (χ4n) is 2.83. The highest BCUT2D eigenvalue weighted by Crippen LogP contribution is 2.38. The van der Waals surface area contributed by atoms with Gasteiger partial charge in [-0.25, -0.2) is 0 Å². The molecule has 0 atom stereocenters. The van der Waals surface area contributed by atoms with Crippen molar-refractivity contribution in [2.75, 3.05) is 52.5 Å². The Kier molecular flexibility index (Phi) is 4.85. The Morgan fingerprint density at radius 2 is 1.76 bits per heavy atom. The number of fused-ring (bicyclic) bond motifs is 1. The number of β-amino-alcohol motifs (C(OH)–C–C–N with tert-alkyl or cyclic N) is 1. The van der Waals surface area contributed by atoms with Crippen molar-refractivity contribution in [3.63, 3.8) is 0 Å². The van der Waals surface area contributed by atoms with E-state index in [-0.39, 0.29) is 6.61 Å². The first-order valence-corrected chi connectivity index (χ1v) is 7.77. The number of hydrogen-bond donors (Lipinski definition) is 1. The SMILES string of the molecule is OCCN1CCN(Cc2cc(Cl)c3c(c2)OCCO3)CC1. The number of piperazine rings is 1. The third-order valence-corrected chi connectivity index (χ3v) is 4.22. The number of ether oxygens (including phenoxy) is 2. The van der Waals surface area contributed by atoms with E-state index >= 15 is 0 Å². The Labute approximate surface area is 130 Å². The minimum Gasteiger partial charge on any atom is -0.486 e. The zero-order valence-electron chi connectivity index (χ0n) is 12.1. The molecule has 21 heavy (non-hydrogen) atoms. The zero-order valence-corrected chi connectivity index (χ0v) is 12.8. The van der Waals surface area contributed by atoms with Gasteiger partial charge in [0.1, 0.15) is 13.2 Å². The van der Waals surface area contributed by atoms with Crippen LogP contribution in [-0.4, -0.2) is 67.5 Å². The van der Waals surface area contributed by atoms with E-state index in [0.29, 0.717) is 24.0 Å². The average Bonchev–Trinajstić information content (AvgIpc) is 2.50. The lowest BCUT2D eigenvalue weighted by atomic mass is 10.1. The second kappa shape index (κ2) is 6.83. The second-order valence-electron chi connectivity index (χ2n) is 5.44. The molecule has 1 fully saturated rings. The Bertz CT molecular complexity index is 490. The highest BCUT2D eigenvalue weighted by atomic mass is 35.5. The maximum atomic E-state index is 8.97. The Balaban J connectivity index is 1.62. The van der Waals surface area contributed by atoms with Crippen molar-refractivity contribution in [2.45, 2.75) is 6.54 Å². The first-order valence-electron chi connectivity index (χ1n) is 7.40. The van der Waals surface area contributed by atoms with E-state index in [1.165, 1.54) is 0 Å². The third kappa shape index (κ3) is 3.61. The van der Waals surface area contributed by atoms with Crippen molar-refractivity contribution in [3.8, 4) is 11.5 Å². The van der Waals surface area contributed by atoms with Gasteiger partial charge in [-0.1, -0.05) is 11.6 Å². The maximum absolute atomic E-state index is 8.97. The molecule has 0 aromatic heterocycles. The fourth-order valence-corrected chi connectivity index (χ4v) is 3.11. The number of hydrogen-bond acceptors (Lipinski definition) is 5. The quantitative estimate of drug-likeness (QED) is 0.906. The van der Waals surface area contributed by atoms with Crippen LogP contribution in [0.25, 0.3) is 0 Å². The van der Waals surface area contributed by atoms with Crippen LogP contribution in [0.4, 0.5) is 0 Å². The monoisotopic (exact) mass is 312 g/mol. The number of nitrogens with zero attached hydrogens (tertiary/aromatic N) is 2. The van der Waals surface area contributed by atoms with Gasteiger partial charge in [0.25, 0.3) is 0 Å². The van der Waals surface area contributed by atoms with Crippen LogP contribution in [-0.2, 0) is 6.54 Å². The van der Waals surface area contributed by atoms with Crippen LogP contribution in [0.15, 0.2) is 12.1 Å². The minimum absolute atomic E-state index is 0.234. The van der Waals surface area contributed by atoms with Crippen molar-refractivity contribution in [3.05, 3.63) is 22.7 Å². The topological polar surface area (TPSA) is 45.2 Å². The van der Waals surface area contributed by atoms with Crippen molar-refractivity contribution in [2.24, 2.45) is 0 Å². The Hall–Kier alpha value is -1.01. The molecule has 2 aliphatic heterocycles. The van der Waals surface area contributed by atoms with Gasteiger partial charge in [0, 0.05) is 39.3 Å². The summed E-state index contributed by atoms with van der Waals surface area (Å²) in [6, 6.07) is 4.00. The van der Waals surface area contributed by atoms with Crippen LogP contribution >= 0.6 is 11.6 Å². The summed E-state index contributed by atoms with van der Waals surface area (Å²) in [5.41, 5.74) is 1.15. The largest absolute Gasteiger partial charge is 0.486 e. The summed E-state index contributed by atoms with van der Waals surface area (Å²) in [5, 5.41) is 9.59. The van der Waals surface area contributed by atoms with E-state index in [4.69, 9.17) is 26.2 Å². The van der Waals surface area contributed by atoms with Gasteiger partial charge < -0.3 is 14.6 Å². The first-order chi connectivity index (χ1) is 10.3. The third-order valence-electron chi connectivity index (χ3n) is 3.94. The molecule has 0 aliphatic carbocycles. The molecule has 0 spiro atoms. The van der Waals surface area contributed by atoms with Crippen LogP contribution in [0.2, 0.25) is 5.02 Å². The molecule has 3 rings (SSSR count). The molecule has 1 saturated heterocycles. The predicted molar refractivity (Wildman–Crippen MR) is 81.2 cm³/mol. The lowest BCUT2D eigenvalue weighted by Crippen LogP contribution is -2.46. The molecule has 1 N–H and O–H groups in total. The molecule has 0 amide bonds. The van der Waals surface area contributed by atoms with E-state index < -0.39 is 0 Å². The zero-order chi connectivity index (χ0) is 14.7. The molecule has 1 aromatic carbocycles. The number of halogens is 1. The fraction of sp³-hybridized carbons (Fsp3) is 0.600. The van der Waals surface area contributed by atoms with Crippen LogP contribution in [0.5, 0.6) is 11.5 Å². The van der Waals surface area contributed by atoms with Crippen molar-refractivity contribution in [1.82, 2.24) is 9.80 Å². The summed E-state index contributed by atoms with van der Waals surface area (Å²) in [7, 11) is 0. The Morgan fingerprint density at radius 3 is 2.52 bits per heavy atom. The summed E-state index contributed by atoms with van der Waals surface area (Å²) in [5.74, 6) is 1.42. The summed E-state index contributed by atoms with van der Waals surface area (Å²) >= 11 is 6.27. The number of aliphatic hydroxyl groups excluding tert-OH is 1. The van der Waals surface area contributed by atoms with Gasteiger partial charge in [-0.05, 0) is 17.7 Å². The highest BCUT2D eigenvalue weighted by Gasteiger charge is 2.20. The van der Waals surface area contributed by atoms with Crippen LogP contribution < -0.4 is 9.47 Å². The summed E-state index contributed by atoms with van der Waals surface area (Å²) < 4.78 is 11.2. The molecular weight excluding hydrogens is 292 g/mol. The molecule has 2 aliphatic rings. The van der Waals surface area contributed by atoms with Crippen LogP contribution in [0.1, 0.15) is 5.56 Å². The van der Waals surface area contributed by atoms with Crippen molar-refractivity contribution >= 4 is 11.6 Å². The lowest BCUT2D eigenvalue weighted by Gasteiger charge is -2.34. The van der Waals surface area contributed by atoms with Crippen molar-refractivity contribution in [1.29, 1.82) is 0 Å². The normalized spacial score (nSPS) is 19.7. The Morgan fingerprint density at radius 1 is 1.05 bits per heavy atom. The molecule has 116 valence electrons. The van der Waals surface area contributed by atoms with Gasteiger partial charge in [0.15, 0.2) is 11.5 Å². The molecule has 0 unspecified atom stereocenters. The maximum Gasteiger partial charge on any atom is 0.179 e. The molecular formula is C15H21ClN2O3. The van der Waals surface area contributed by atoms with E-state index in [2.05, 4.69) is 9.80 Å². The molecule has 6 heteroatoms. The summed E-state index contributed by atoms with van der Waals surface area (Å²) in [4.78, 5) is 4.68. The van der Waals surface area contributed by atoms with Gasteiger partial charge in [-0.15, -0.1) is 0 Å². The number of benzene rings is 1. The molecule has 0 bridgehead atoms. The van der Waals surface area contributed by atoms with E-state index in [1.807, 2.05) is 12.1 Å². The van der Waals surface area contributed by atoms with Gasteiger partial charge in [-0.2, -0.15) is 0 Å². The molecule has 0 saturated carbocycles. The minimum atomic E-state index is 0.234. The van der Waals surface area contributed by atoms with E-state index in [1.54, 1.807) is 0 Å². The van der Waals surface area contributed by atoms with E-state index in [9.17, 15) is 0 Å². The lowest BCUT2D eigenvalue weighted by molar-refractivity contribution is 0.108. The molecule has 1 aromatic rings. The predicted octanol–water partition coefficient (Wildman–Crippen LogP) is 1.22. The average molecular weight is 313 g/mol. The second-order valence-corrected chi connectivity index (χ2v) is 5.85. The van der Waals surface area contributed by atoms with Gasteiger partial charge in [-0.3, -0.25) is 9.80 Å². The molecule has 0 radical (unpaired) electrons. The van der Waals surface area contributed by atoms with Crippen LogP contribution in [0.3, 0.4) is 0 Å². The number of rotatable bonds is 4. The molecule has 5 nitrogen and oxygen atoms in total. The van der Waals surface area contributed by atoms with Gasteiger partial charge >= 0.3 is 0 Å². The van der Waals surface area contributed by atoms with E-state index in [0.717, 1.165) is 50.6 Å². The van der Waals surface area contributed by atoms with Gasteiger partial charge in [0.2, 0.25) is 0 Å². The van der Waals surface area contributed by atoms with Gasteiger partial charge in [0.05, 0.1) is 11.6 Å². The molecule has 2 heterocycles. The summed E-state index contributed by atoms with van der Waals surface area (Å²) in [6.45, 7) is 7.01. The first kappa shape index (κ1) is 14.9. The van der Waals surface area contributed by atoms with Crippen molar-refractivity contribution < 1.29 is 14.6 Å². The smallest absolute Gasteiger partial charge is 0.179 e. The number of aliphatic hydroxyl groups is 1. The van der Waals surface area contributed by atoms with Crippen LogP contribution in [0, 0.1) is 0 Å². The summed E-state index contributed by atoms with van der Waals surface area (Å²) in [6.07, 6.45) is 0.